The lowest BCUT2D eigenvalue weighted by Crippen LogP contribution is -2.48. The van der Waals surface area contributed by atoms with Crippen molar-refractivity contribution in [1.82, 2.24) is 20.0 Å². The van der Waals surface area contributed by atoms with E-state index in [4.69, 9.17) is 4.98 Å². The van der Waals surface area contributed by atoms with Gasteiger partial charge in [-0.25, -0.2) is 9.78 Å². The van der Waals surface area contributed by atoms with E-state index in [2.05, 4.69) is 32.0 Å². The average molecular weight is 388 g/mol. The molecule has 146 valence electrons. The molecule has 3 rings (SSSR count). The van der Waals surface area contributed by atoms with Crippen molar-refractivity contribution in [2.24, 2.45) is 5.92 Å². The van der Waals surface area contributed by atoms with Crippen LogP contribution in [0.1, 0.15) is 45.0 Å². The summed E-state index contributed by atoms with van der Waals surface area (Å²) in [4.78, 5) is 18.9. The Bertz CT molecular complexity index is 732. The Morgan fingerprint density at radius 1 is 1.22 bits per heavy atom. The maximum absolute atomic E-state index is 11.9. The molecule has 27 heavy (non-hydrogen) atoms. The predicted octanol–water partition coefficient (Wildman–Crippen LogP) is 3.44. The summed E-state index contributed by atoms with van der Waals surface area (Å²) in [6.45, 7) is 8.61. The van der Waals surface area contributed by atoms with E-state index in [-0.39, 0.29) is 11.6 Å². The smallest absolute Gasteiger partial charge is 0.315 e. The Morgan fingerprint density at radius 2 is 1.93 bits per heavy atom. The van der Waals surface area contributed by atoms with Gasteiger partial charge >= 0.3 is 6.03 Å². The van der Waals surface area contributed by atoms with Crippen molar-refractivity contribution in [3.8, 4) is 0 Å². The molecular weight excluding hydrogens is 358 g/mol. The van der Waals surface area contributed by atoms with E-state index in [0.717, 1.165) is 49.9 Å². The molecule has 0 unspecified atom stereocenters. The minimum atomic E-state index is -0.206. The lowest BCUT2D eigenvalue weighted by atomic mass is 9.97. The summed E-state index contributed by atoms with van der Waals surface area (Å²) in [5.41, 5.74) is 1.03. The van der Waals surface area contributed by atoms with E-state index >= 15 is 0 Å². The molecule has 0 radical (unpaired) electrons. The zero-order chi connectivity index (χ0) is 19.3. The summed E-state index contributed by atoms with van der Waals surface area (Å²) >= 11 is 1.49. The number of rotatable bonds is 5. The van der Waals surface area contributed by atoms with Crippen LogP contribution in [0.15, 0.2) is 30.3 Å². The van der Waals surface area contributed by atoms with Crippen molar-refractivity contribution < 1.29 is 4.79 Å². The third-order valence-corrected chi connectivity index (χ3v) is 5.40. The first-order valence-electron chi connectivity index (χ1n) is 9.56. The minimum Gasteiger partial charge on any atom is -0.347 e. The first kappa shape index (κ1) is 19.6. The van der Waals surface area contributed by atoms with Gasteiger partial charge in [-0.2, -0.15) is 4.37 Å². The quantitative estimate of drug-likeness (QED) is 0.824. The molecule has 2 heterocycles. The van der Waals surface area contributed by atoms with E-state index < -0.39 is 0 Å². The van der Waals surface area contributed by atoms with Gasteiger partial charge in [0.25, 0.3) is 0 Å². The van der Waals surface area contributed by atoms with E-state index in [9.17, 15) is 4.79 Å². The fourth-order valence-corrected chi connectivity index (χ4v) is 3.91. The monoisotopic (exact) mass is 387 g/mol. The SMILES string of the molecule is CC(C)(C)NC(=O)NCC1CCN(c2nc(Cc3ccccc3)ns2)CC1. The van der Waals surface area contributed by atoms with Crippen molar-refractivity contribution in [1.29, 1.82) is 0 Å². The number of amides is 2. The van der Waals surface area contributed by atoms with Crippen LogP contribution in [0, 0.1) is 5.92 Å². The maximum atomic E-state index is 11.9. The van der Waals surface area contributed by atoms with E-state index in [1.807, 2.05) is 39.0 Å². The van der Waals surface area contributed by atoms with Gasteiger partial charge < -0.3 is 15.5 Å². The molecule has 1 aliphatic rings. The molecule has 7 heteroatoms. The number of urea groups is 1. The molecule has 0 bridgehead atoms. The first-order chi connectivity index (χ1) is 12.9. The van der Waals surface area contributed by atoms with Crippen molar-refractivity contribution in [3.05, 3.63) is 41.7 Å². The van der Waals surface area contributed by atoms with E-state index in [1.165, 1.54) is 17.1 Å². The molecule has 1 fully saturated rings. The number of nitrogens with one attached hydrogen (secondary N) is 2. The number of carbonyl (C=O) groups excluding carboxylic acids is 1. The first-order valence-corrected chi connectivity index (χ1v) is 10.3. The third kappa shape index (κ3) is 6.20. The van der Waals surface area contributed by atoms with Crippen LogP contribution in [0.3, 0.4) is 0 Å². The molecule has 0 atom stereocenters. The summed E-state index contributed by atoms with van der Waals surface area (Å²) in [7, 11) is 0. The molecule has 1 aromatic heterocycles. The normalized spacial score (nSPS) is 15.6. The molecule has 0 aliphatic carbocycles. The van der Waals surface area contributed by atoms with E-state index in [0.29, 0.717) is 5.92 Å². The van der Waals surface area contributed by atoms with Crippen LogP contribution in [-0.2, 0) is 6.42 Å². The number of carbonyl (C=O) groups is 1. The molecule has 1 saturated heterocycles. The highest BCUT2D eigenvalue weighted by atomic mass is 32.1. The van der Waals surface area contributed by atoms with Crippen LogP contribution in [0.5, 0.6) is 0 Å². The maximum Gasteiger partial charge on any atom is 0.315 e. The van der Waals surface area contributed by atoms with Crippen LogP contribution in [0.2, 0.25) is 0 Å². The Balaban J connectivity index is 1.43. The highest BCUT2D eigenvalue weighted by molar-refractivity contribution is 7.09. The molecule has 0 saturated carbocycles. The molecule has 1 aromatic carbocycles. The minimum absolute atomic E-state index is 0.0837. The zero-order valence-electron chi connectivity index (χ0n) is 16.4. The van der Waals surface area contributed by atoms with Gasteiger partial charge in [0.2, 0.25) is 5.13 Å². The Labute approximate surface area is 165 Å². The fraction of sp³-hybridized carbons (Fsp3) is 0.550. The number of piperidine rings is 1. The van der Waals surface area contributed by atoms with Crippen LogP contribution < -0.4 is 15.5 Å². The summed E-state index contributed by atoms with van der Waals surface area (Å²) in [6.07, 6.45) is 2.90. The highest BCUT2D eigenvalue weighted by Crippen LogP contribution is 2.25. The summed E-state index contributed by atoms with van der Waals surface area (Å²) in [5, 5.41) is 6.95. The molecule has 6 nitrogen and oxygen atoms in total. The number of anilines is 1. The van der Waals surface area contributed by atoms with Gasteiger partial charge in [0.1, 0.15) is 5.82 Å². The number of aromatic nitrogens is 2. The van der Waals surface area contributed by atoms with Crippen LogP contribution >= 0.6 is 11.5 Å². The second-order valence-corrected chi connectivity index (χ2v) is 8.90. The van der Waals surface area contributed by atoms with Crippen LogP contribution in [0.25, 0.3) is 0 Å². The second kappa shape index (κ2) is 8.69. The number of nitrogens with zero attached hydrogens (tertiary/aromatic N) is 3. The van der Waals surface area contributed by atoms with Gasteiger partial charge in [-0.3, -0.25) is 0 Å². The Morgan fingerprint density at radius 3 is 2.59 bits per heavy atom. The predicted molar refractivity (Wildman–Crippen MR) is 110 cm³/mol. The van der Waals surface area contributed by atoms with Gasteiger partial charge in [0.05, 0.1) is 0 Å². The van der Waals surface area contributed by atoms with Gasteiger partial charge in [0, 0.05) is 43.1 Å². The Hall–Kier alpha value is -2.15. The molecular formula is C20H29N5OS. The van der Waals surface area contributed by atoms with Crippen molar-refractivity contribution in [2.75, 3.05) is 24.5 Å². The fourth-order valence-electron chi connectivity index (χ4n) is 3.17. The van der Waals surface area contributed by atoms with E-state index in [1.54, 1.807) is 0 Å². The van der Waals surface area contributed by atoms with Crippen LogP contribution in [0.4, 0.5) is 9.93 Å². The molecule has 2 N–H and O–H groups in total. The lowest BCUT2D eigenvalue weighted by Gasteiger charge is -2.31. The molecule has 0 spiro atoms. The van der Waals surface area contributed by atoms with Gasteiger partial charge in [0.15, 0.2) is 0 Å². The van der Waals surface area contributed by atoms with Crippen molar-refractivity contribution in [3.63, 3.8) is 0 Å². The standard InChI is InChI=1S/C20H29N5OS/c1-20(2,3)23-18(26)21-14-16-9-11-25(12-10-16)19-22-17(24-27-19)13-15-7-5-4-6-8-15/h4-8,16H,9-14H2,1-3H3,(H2,21,23,26). The van der Waals surface area contributed by atoms with Crippen molar-refractivity contribution >= 4 is 22.7 Å². The molecule has 2 amide bonds. The number of hydrogen-bond acceptors (Lipinski definition) is 5. The molecule has 2 aromatic rings. The number of benzene rings is 1. The largest absolute Gasteiger partial charge is 0.347 e. The highest BCUT2D eigenvalue weighted by Gasteiger charge is 2.23. The lowest BCUT2D eigenvalue weighted by molar-refractivity contribution is 0.228. The zero-order valence-corrected chi connectivity index (χ0v) is 17.2. The van der Waals surface area contributed by atoms with Gasteiger partial charge in [-0.15, -0.1) is 0 Å². The second-order valence-electron chi connectivity index (χ2n) is 8.17. The number of hydrogen-bond donors (Lipinski definition) is 2. The van der Waals surface area contributed by atoms with Crippen molar-refractivity contribution in [2.45, 2.75) is 45.6 Å². The topological polar surface area (TPSA) is 70.2 Å². The molecule has 1 aliphatic heterocycles. The summed E-state index contributed by atoms with van der Waals surface area (Å²) < 4.78 is 4.52. The van der Waals surface area contributed by atoms with Gasteiger partial charge in [-0.05, 0) is 45.1 Å². The average Bonchev–Trinajstić information content (AvgIpc) is 3.08. The van der Waals surface area contributed by atoms with Crippen LogP contribution in [-0.4, -0.2) is 40.6 Å². The van der Waals surface area contributed by atoms with Gasteiger partial charge in [-0.1, -0.05) is 30.3 Å². The summed E-state index contributed by atoms with van der Waals surface area (Å²) in [6, 6.07) is 10.2. The third-order valence-electron chi connectivity index (χ3n) is 4.59. The summed E-state index contributed by atoms with van der Waals surface area (Å²) in [5.74, 6) is 1.41. The Kier molecular flexibility index (Phi) is 6.31.